The first kappa shape index (κ1) is 20.7. The van der Waals surface area contributed by atoms with Crippen LogP contribution in [0.15, 0.2) is 91.3 Å². The van der Waals surface area contributed by atoms with Crippen molar-refractivity contribution in [1.29, 1.82) is 0 Å². The molecule has 2 N–H and O–H groups in total. The Morgan fingerprint density at radius 2 is 1.85 bits per heavy atom. The number of aromatic nitrogens is 2. The number of nitro benzene ring substituents is 1. The van der Waals surface area contributed by atoms with Crippen LogP contribution in [0.4, 0.5) is 11.4 Å². The first-order chi connectivity index (χ1) is 16.0. The molecule has 8 nitrogen and oxygen atoms in total. The van der Waals surface area contributed by atoms with E-state index in [1.165, 1.54) is 12.1 Å². The molecule has 1 aliphatic heterocycles. The fourth-order valence-electron chi connectivity index (χ4n) is 4.21. The third-order valence-electron chi connectivity index (χ3n) is 5.64. The van der Waals surface area contributed by atoms with Crippen LogP contribution in [0.3, 0.4) is 0 Å². The van der Waals surface area contributed by atoms with E-state index in [2.05, 4.69) is 10.3 Å². The van der Waals surface area contributed by atoms with Crippen molar-refractivity contribution in [3.8, 4) is 11.4 Å². The summed E-state index contributed by atoms with van der Waals surface area (Å²) in [6.45, 7) is 0. The Balaban J connectivity index is 1.68. The fourth-order valence-corrected chi connectivity index (χ4v) is 4.55. The molecule has 33 heavy (non-hydrogen) atoms. The van der Waals surface area contributed by atoms with E-state index in [1.54, 1.807) is 30.5 Å². The number of para-hydroxylation sites is 2. The molecule has 3 heterocycles. The predicted octanol–water partition coefficient (Wildman–Crippen LogP) is 4.66. The van der Waals surface area contributed by atoms with Crippen molar-refractivity contribution in [2.75, 3.05) is 4.90 Å². The number of anilines is 1. The van der Waals surface area contributed by atoms with Gasteiger partial charge in [0.25, 0.3) is 5.69 Å². The summed E-state index contributed by atoms with van der Waals surface area (Å²) in [5.41, 5.74) is 2.84. The molecule has 0 unspecified atom stereocenters. The summed E-state index contributed by atoms with van der Waals surface area (Å²) in [5, 5.41) is 25.8. The number of phenolic OH excluding ortho intramolecular Hbond substituents is 1. The highest BCUT2D eigenvalue weighted by Crippen LogP contribution is 2.44. The SMILES string of the molecule is O=[N+]([O-])c1cccc(-n2cccc2[C@@H]2[C@H](c3ccccn3)NC(=S)N2c2ccccc2O)c1. The molecule has 0 aliphatic carbocycles. The maximum Gasteiger partial charge on any atom is 0.271 e. The van der Waals surface area contributed by atoms with Crippen LogP contribution in [-0.2, 0) is 0 Å². The van der Waals surface area contributed by atoms with Crippen LogP contribution in [-0.4, -0.2) is 24.7 Å². The number of hydrogen-bond donors (Lipinski definition) is 2. The van der Waals surface area contributed by atoms with Crippen LogP contribution in [0.1, 0.15) is 23.5 Å². The molecule has 1 aliphatic rings. The minimum absolute atomic E-state index is 0.00561. The quantitative estimate of drug-likeness (QED) is 0.256. The number of aromatic hydroxyl groups is 1. The van der Waals surface area contributed by atoms with Gasteiger partial charge in [0.1, 0.15) is 11.8 Å². The van der Waals surface area contributed by atoms with Crippen LogP contribution in [0.2, 0.25) is 0 Å². The van der Waals surface area contributed by atoms with E-state index in [9.17, 15) is 15.2 Å². The molecule has 5 rings (SSSR count). The smallest absolute Gasteiger partial charge is 0.271 e. The number of nitrogens with zero attached hydrogens (tertiary/aromatic N) is 4. The molecule has 2 aromatic heterocycles. The van der Waals surface area contributed by atoms with Gasteiger partial charge >= 0.3 is 0 Å². The molecule has 1 saturated heterocycles. The van der Waals surface area contributed by atoms with Gasteiger partial charge in [-0.25, -0.2) is 0 Å². The maximum atomic E-state index is 11.3. The van der Waals surface area contributed by atoms with Gasteiger partial charge in [-0.2, -0.15) is 0 Å². The topological polar surface area (TPSA) is 96.5 Å². The summed E-state index contributed by atoms with van der Waals surface area (Å²) >= 11 is 5.70. The fraction of sp³-hybridized carbons (Fsp3) is 0.0833. The van der Waals surface area contributed by atoms with E-state index in [0.29, 0.717) is 16.5 Å². The minimum atomic E-state index is -0.413. The van der Waals surface area contributed by atoms with Gasteiger partial charge in [0.15, 0.2) is 5.11 Å². The van der Waals surface area contributed by atoms with E-state index >= 15 is 0 Å². The molecule has 164 valence electrons. The molecule has 2 atom stereocenters. The number of hydrogen-bond acceptors (Lipinski definition) is 5. The summed E-state index contributed by atoms with van der Waals surface area (Å²) in [6, 6.07) is 22.3. The van der Waals surface area contributed by atoms with Crippen molar-refractivity contribution in [1.82, 2.24) is 14.9 Å². The van der Waals surface area contributed by atoms with E-state index < -0.39 is 4.92 Å². The number of phenols is 1. The van der Waals surface area contributed by atoms with Crippen LogP contribution in [0, 0.1) is 10.1 Å². The largest absolute Gasteiger partial charge is 0.506 e. The number of benzene rings is 2. The first-order valence-corrected chi connectivity index (χ1v) is 10.7. The van der Waals surface area contributed by atoms with E-state index in [1.807, 2.05) is 58.1 Å². The van der Waals surface area contributed by atoms with Crippen molar-refractivity contribution in [3.05, 3.63) is 113 Å². The molecule has 0 spiro atoms. The van der Waals surface area contributed by atoms with Crippen molar-refractivity contribution in [2.45, 2.75) is 12.1 Å². The van der Waals surface area contributed by atoms with E-state index in [-0.39, 0.29) is 23.5 Å². The van der Waals surface area contributed by atoms with Gasteiger partial charge in [-0.15, -0.1) is 0 Å². The number of rotatable bonds is 5. The van der Waals surface area contributed by atoms with Crippen LogP contribution < -0.4 is 10.2 Å². The second-order valence-corrected chi connectivity index (χ2v) is 7.95. The van der Waals surface area contributed by atoms with Gasteiger partial charge in [-0.3, -0.25) is 15.1 Å². The Labute approximate surface area is 194 Å². The lowest BCUT2D eigenvalue weighted by atomic mass is 10.0. The monoisotopic (exact) mass is 457 g/mol. The highest BCUT2D eigenvalue weighted by atomic mass is 32.1. The van der Waals surface area contributed by atoms with Gasteiger partial charge in [0.05, 0.1) is 28.0 Å². The lowest BCUT2D eigenvalue weighted by molar-refractivity contribution is -0.384. The average molecular weight is 458 g/mol. The third-order valence-corrected chi connectivity index (χ3v) is 5.96. The maximum absolute atomic E-state index is 11.3. The van der Waals surface area contributed by atoms with E-state index in [0.717, 1.165) is 11.4 Å². The number of nitrogens with one attached hydrogen (secondary N) is 1. The number of nitro groups is 1. The molecule has 4 aromatic rings. The lowest BCUT2D eigenvalue weighted by Crippen LogP contribution is -2.30. The zero-order chi connectivity index (χ0) is 22.9. The summed E-state index contributed by atoms with van der Waals surface area (Å²) in [5.74, 6) is 0.0989. The number of thiocarbonyl (C=S) groups is 1. The molecule has 0 saturated carbocycles. The molecular weight excluding hydrogens is 438 g/mol. The van der Waals surface area contributed by atoms with Gasteiger partial charge in [-0.05, 0) is 54.7 Å². The van der Waals surface area contributed by atoms with Gasteiger partial charge in [0.2, 0.25) is 0 Å². The van der Waals surface area contributed by atoms with Crippen molar-refractivity contribution < 1.29 is 10.0 Å². The summed E-state index contributed by atoms with van der Waals surface area (Å²) in [4.78, 5) is 17.3. The molecule has 0 bridgehead atoms. The predicted molar refractivity (Wildman–Crippen MR) is 128 cm³/mol. The van der Waals surface area contributed by atoms with Crippen LogP contribution >= 0.6 is 12.2 Å². The Hall–Kier alpha value is -4.24. The molecule has 2 aromatic carbocycles. The van der Waals surface area contributed by atoms with Gasteiger partial charge in [0, 0.05) is 30.2 Å². The second kappa shape index (κ2) is 8.36. The van der Waals surface area contributed by atoms with Crippen molar-refractivity contribution >= 4 is 28.7 Å². The third kappa shape index (κ3) is 3.68. The molecule has 1 fully saturated rings. The van der Waals surface area contributed by atoms with Crippen LogP contribution in [0.25, 0.3) is 5.69 Å². The summed E-state index contributed by atoms with van der Waals surface area (Å²) in [7, 11) is 0. The Kier molecular flexibility index (Phi) is 5.23. The zero-order valence-electron chi connectivity index (χ0n) is 17.3. The molecule has 0 radical (unpaired) electrons. The Morgan fingerprint density at radius 3 is 2.61 bits per heavy atom. The van der Waals surface area contributed by atoms with Gasteiger partial charge < -0.3 is 19.9 Å². The summed E-state index contributed by atoms with van der Waals surface area (Å²) < 4.78 is 1.90. The standard InChI is InChI=1S/C24H19N5O3S/c30-21-12-2-1-10-19(21)28-23(22(26-24(28)33)18-9-3-4-13-25-18)20-11-6-14-27(20)16-7-5-8-17(15-16)29(31)32/h1-15,22-23,30H,(H,26,33)/t22-,23+/m0/s1. The Morgan fingerprint density at radius 1 is 1.03 bits per heavy atom. The molecule has 0 amide bonds. The van der Waals surface area contributed by atoms with E-state index in [4.69, 9.17) is 12.2 Å². The van der Waals surface area contributed by atoms with Crippen LogP contribution in [0.5, 0.6) is 5.75 Å². The highest BCUT2D eigenvalue weighted by molar-refractivity contribution is 7.80. The summed E-state index contributed by atoms with van der Waals surface area (Å²) in [6.07, 6.45) is 3.58. The molecular formula is C24H19N5O3S. The minimum Gasteiger partial charge on any atom is -0.506 e. The first-order valence-electron chi connectivity index (χ1n) is 10.3. The van der Waals surface area contributed by atoms with Crippen molar-refractivity contribution in [3.63, 3.8) is 0 Å². The zero-order valence-corrected chi connectivity index (χ0v) is 18.1. The normalized spacial score (nSPS) is 17.7. The van der Waals surface area contributed by atoms with Crippen molar-refractivity contribution in [2.24, 2.45) is 0 Å². The number of pyridine rings is 1. The molecule has 9 heteroatoms. The Bertz CT molecular complexity index is 1340. The second-order valence-electron chi connectivity index (χ2n) is 7.57. The average Bonchev–Trinajstić information content (AvgIpc) is 3.44. The lowest BCUT2D eigenvalue weighted by Gasteiger charge is -2.29. The number of non-ortho nitro benzene ring substituents is 1. The van der Waals surface area contributed by atoms with Gasteiger partial charge in [-0.1, -0.05) is 24.3 Å². The highest BCUT2D eigenvalue weighted by Gasteiger charge is 2.43.